The van der Waals surface area contributed by atoms with Gasteiger partial charge in [0.15, 0.2) is 0 Å². The summed E-state index contributed by atoms with van der Waals surface area (Å²) in [5.74, 6) is -0.126. The molecule has 0 bridgehead atoms. The first kappa shape index (κ1) is 15.3. The molecule has 1 aliphatic heterocycles. The first-order valence-corrected chi connectivity index (χ1v) is 7.78. The number of nitrogens with zero attached hydrogens (tertiary/aromatic N) is 1. The van der Waals surface area contributed by atoms with E-state index < -0.39 is 6.04 Å². The van der Waals surface area contributed by atoms with Gasteiger partial charge in [0.25, 0.3) is 0 Å². The van der Waals surface area contributed by atoms with Crippen LogP contribution >= 0.6 is 0 Å². The number of aromatic nitrogens is 1. The molecule has 1 aromatic carbocycles. The van der Waals surface area contributed by atoms with E-state index in [-0.39, 0.29) is 17.6 Å². The Morgan fingerprint density at radius 1 is 1.35 bits per heavy atom. The molecule has 3 rings (SSSR count). The number of phenols is 1. The van der Waals surface area contributed by atoms with E-state index in [2.05, 4.69) is 15.6 Å². The number of benzene rings is 1. The lowest BCUT2D eigenvalue weighted by Crippen LogP contribution is -2.45. The van der Waals surface area contributed by atoms with Gasteiger partial charge in [-0.1, -0.05) is 18.6 Å². The van der Waals surface area contributed by atoms with Gasteiger partial charge in [0.05, 0.1) is 0 Å². The van der Waals surface area contributed by atoms with Gasteiger partial charge in [0.1, 0.15) is 17.3 Å². The predicted octanol–water partition coefficient (Wildman–Crippen LogP) is 1.62. The summed E-state index contributed by atoms with van der Waals surface area (Å²) in [6, 6.07) is 6.53. The summed E-state index contributed by atoms with van der Waals surface area (Å²) >= 11 is 0. The van der Waals surface area contributed by atoms with Crippen LogP contribution < -0.4 is 10.6 Å². The summed E-state index contributed by atoms with van der Waals surface area (Å²) in [6.45, 7) is 0.327. The minimum absolute atomic E-state index is 0.0677. The van der Waals surface area contributed by atoms with E-state index >= 15 is 0 Å². The molecule has 6 heteroatoms. The van der Waals surface area contributed by atoms with Crippen LogP contribution in [0.1, 0.15) is 31.2 Å². The highest BCUT2D eigenvalue weighted by Crippen LogP contribution is 2.25. The standard InChI is InChI=1S/C17H19N3O3/c21-14-8-7-11(12-4-3-9-18-16(12)14)10-19-17(23)13-5-1-2-6-15(22)20-13/h3-4,7-9,13,21H,1-2,5-6,10H2,(H,19,23)(H,20,22). The average Bonchev–Trinajstić information content (AvgIpc) is 2.79. The topological polar surface area (TPSA) is 91.3 Å². The molecule has 6 nitrogen and oxygen atoms in total. The number of amides is 2. The Morgan fingerprint density at radius 3 is 3.09 bits per heavy atom. The zero-order chi connectivity index (χ0) is 16.2. The van der Waals surface area contributed by atoms with Crippen molar-refractivity contribution in [3.8, 4) is 5.75 Å². The third-order valence-corrected chi connectivity index (χ3v) is 4.09. The molecule has 2 amide bonds. The van der Waals surface area contributed by atoms with Crippen molar-refractivity contribution in [2.24, 2.45) is 0 Å². The predicted molar refractivity (Wildman–Crippen MR) is 85.7 cm³/mol. The van der Waals surface area contributed by atoms with E-state index in [1.165, 1.54) is 0 Å². The number of carbonyl (C=O) groups is 2. The van der Waals surface area contributed by atoms with Crippen LogP contribution in [0.4, 0.5) is 0 Å². The summed E-state index contributed by atoms with van der Waals surface area (Å²) in [7, 11) is 0. The fourth-order valence-corrected chi connectivity index (χ4v) is 2.85. The molecule has 1 unspecified atom stereocenters. The van der Waals surface area contributed by atoms with Crippen molar-refractivity contribution in [2.45, 2.75) is 38.3 Å². The van der Waals surface area contributed by atoms with E-state index in [0.29, 0.717) is 24.9 Å². The Kier molecular flexibility index (Phi) is 4.41. The quantitative estimate of drug-likeness (QED) is 0.803. The SMILES string of the molecule is O=C1CCCCC(C(=O)NCc2ccc(O)c3ncccc23)N1. The van der Waals surface area contributed by atoms with E-state index in [4.69, 9.17) is 0 Å². The number of hydrogen-bond donors (Lipinski definition) is 3. The molecule has 2 heterocycles. The zero-order valence-corrected chi connectivity index (χ0v) is 12.7. The summed E-state index contributed by atoms with van der Waals surface area (Å²) in [6.07, 6.45) is 4.45. The molecule has 23 heavy (non-hydrogen) atoms. The lowest BCUT2D eigenvalue weighted by molar-refractivity contribution is -0.128. The van der Waals surface area contributed by atoms with Crippen molar-refractivity contribution in [3.05, 3.63) is 36.0 Å². The summed E-state index contributed by atoms with van der Waals surface area (Å²) in [5, 5.41) is 16.3. The maximum atomic E-state index is 12.3. The Balaban J connectivity index is 1.72. The van der Waals surface area contributed by atoms with Crippen molar-refractivity contribution in [2.75, 3.05) is 0 Å². The normalized spacial score (nSPS) is 18.3. The van der Waals surface area contributed by atoms with E-state index in [1.807, 2.05) is 6.07 Å². The summed E-state index contributed by atoms with van der Waals surface area (Å²) < 4.78 is 0. The number of phenolic OH excluding ortho intramolecular Hbond substituents is 1. The van der Waals surface area contributed by atoms with E-state index in [1.54, 1.807) is 24.4 Å². The van der Waals surface area contributed by atoms with Crippen LogP contribution in [-0.2, 0) is 16.1 Å². The maximum absolute atomic E-state index is 12.3. The Labute approximate surface area is 133 Å². The lowest BCUT2D eigenvalue weighted by atomic mass is 10.1. The highest BCUT2D eigenvalue weighted by molar-refractivity contribution is 5.89. The van der Waals surface area contributed by atoms with Gasteiger partial charge in [-0.15, -0.1) is 0 Å². The number of hydrogen-bond acceptors (Lipinski definition) is 4. The number of fused-ring (bicyclic) bond motifs is 1. The molecular formula is C17H19N3O3. The van der Waals surface area contributed by atoms with Gasteiger partial charge in [-0.3, -0.25) is 14.6 Å². The van der Waals surface area contributed by atoms with Gasteiger partial charge in [0.2, 0.25) is 11.8 Å². The van der Waals surface area contributed by atoms with Gasteiger partial charge in [-0.2, -0.15) is 0 Å². The minimum Gasteiger partial charge on any atom is -0.506 e. The minimum atomic E-state index is -0.466. The number of pyridine rings is 1. The van der Waals surface area contributed by atoms with Crippen molar-refractivity contribution < 1.29 is 14.7 Å². The van der Waals surface area contributed by atoms with Crippen molar-refractivity contribution >= 4 is 22.7 Å². The fraction of sp³-hybridized carbons (Fsp3) is 0.353. The zero-order valence-electron chi connectivity index (χ0n) is 12.7. The largest absolute Gasteiger partial charge is 0.506 e. The maximum Gasteiger partial charge on any atom is 0.242 e. The van der Waals surface area contributed by atoms with E-state index in [9.17, 15) is 14.7 Å². The van der Waals surface area contributed by atoms with Crippen LogP contribution in [0.25, 0.3) is 10.9 Å². The molecule has 3 N–H and O–H groups in total. The molecule has 0 saturated carbocycles. The number of nitrogens with one attached hydrogen (secondary N) is 2. The van der Waals surface area contributed by atoms with Crippen LogP contribution in [-0.4, -0.2) is 27.9 Å². The van der Waals surface area contributed by atoms with Gasteiger partial charge < -0.3 is 15.7 Å². The monoisotopic (exact) mass is 313 g/mol. The lowest BCUT2D eigenvalue weighted by Gasteiger charge is -2.16. The fourth-order valence-electron chi connectivity index (χ4n) is 2.85. The van der Waals surface area contributed by atoms with Gasteiger partial charge in [-0.05, 0) is 30.5 Å². The first-order valence-electron chi connectivity index (χ1n) is 7.78. The molecule has 2 aromatic rings. The van der Waals surface area contributed by atoms with Gasteiger partial charge in [-0.25, -0.2) is 0 Å². The van der Waals surface area contributed by atoms with Crippen LogP contribution in [0.15, 0.2) is 30.5 Å². The summed E-state index contributed by atoms with van der Waals surface area (Å²) in [5.41, 5.74) is 1.39. The summed E-state index contributed by atoms with van der Waals surface area (Å²) in [4.78, 5) is 28.0. The number of rotatable bonds is 3. The first-order chi connectivity index (χ1) is 11.1. The van der Waals surface area contributed by atoms with Crippen LogP contribution in [0.5, 0.6) is 5.75 Å². The highest BCUT2D eigenvalue weighted by atomic mass is 16.3. The Morgan fingerprint density at radius 2 is 2.22 bits per heavy atom. The third-order valence-electron chi connectivity index (χ3n) is 4.09. The third kappa shape index (κ3) is 3.41. The van der Waals surface area contributed by atoms with Crippen LogP contribution in [0, 0.1) is 0 Å². The smallest absolute Gasteiger partial charge is 0.242 e. The molecule has 0 radical (unpaired) electrons. The molecule has 0 aliphatic carbocycles. The molecule has 1 atom stereocenters. The second-order valence-electron chi connectivity index (χ2n) is 5.73. The van der Waals surface area contributed by atoms with Crippen molar-refractivity contribution in [1.29, 1.82) is 0 Å². The molecular weight excluding hydrogens is 294 g/mol. The average molecular weight is 313 g/mol. The second kappa shape index (κ2) is 6.64. The van der Waals surface area contributed by atoms with Gasteiger partial charge >= 0.3 is 0 Å². The van der Waals surface area contributed by atoms with Crippen molar-refractivity contribution in [3.63, 3.8) is 0 Å². The molecule has 0 spiro atoms. The van der Waals surface area contributed by atoms with Crippen molar-refractivity contribution in [1.82, 2.24) is 15.6 Å². The molecule has 1 aliphatic rings. The highest BCUT2D eigenvalue weighted by Gasteiger charge is 2.22. The number of carbonyl (C=O) groups excluding carboxylic acids is 2. The van der Waals surface area contributed by atoms with Crippen LogP contribution in [0.2, 0.25) is 0 Å². The Hall–Kier alpha value is -2.63. The molecule has 1 fully saturated rings. The van der Waals surface area contributed by atoms with Crippen LogP contribution in [0.3, 0.4) is 0 Å². The number of aromatic hydroxyl groups is 1. The second-order valence-corrected chi connectivity index (χ2v) is 5.73. The van der Waals surface area contributed by atoms with Gasteiger partial charge in [0, 0.05) is 24.5 Å². The van der Waals surface area contributed by atoms with E-state index in [0.717, 1.165) is 23.8 Å². The Bertz CT molecular complexity index is 745. The molecule has 120 valence electrons. The molecule has 1 aromatic heterocycles. The molecule has 1 saturated heterocycles.